The minimum atomic E-state index is 0.985. The van der Waals surface area contributed by atoms with Crippen molar-refractivity contribution < 1.29 is 4.79 Å². The quantitative estimate of drug-likeness (QED) is 0.251. The largest absolute Gasteiger partial charge is 0.298 e. The molecule has 0 aromatic carbocycles. The highest BCUT2D eigenvalue weighted by molar-refractivity contribution is 5.72. The molecule has 0 aromatic heterocycles. The zero-order valence-corrected chi connectivity index (χ0v) is 11.8. The van der Waals surface area contributed by atoms with Crippen LogP contribution in [0.3, 0.4) is 0 Å². The molecule has 0 rings (SSSR count). The third kappa shape index (κ3) is 11.7. The minimum absolute atomic E-state index is 0.985. The van der Waals surface area contributed by atoms with E-state index in [-0.39, 0.29) is 0 Å². The Labute approximate surface area is 108 Å². The number of carbonyl (C=O) groups excluding carboxylic acids is 1. The molecule has 0 aromatic rings. The fraction of sp³-hybridized carbons (Fsp3) is 0.812. The summed E-state index contributed by atoms with van der Waals surface area (Å²) < 4.78 is 0. The average Bonchev–Trinajstić information content (AvgIpc) is 2.36. The predicted octanol–water partition coefficient (Wildman–Crippen LogP) is 5.44. The molecule has 0 atom stereocenters. The lowest BCUT2D eigenvalue weighted by Gasteiger charge is -2.01. The molecule has 0 aliphatic carbocycles. The molecule has 1 heteroatoms. The van der Waals surface area contributed by atoms with Crippen molar-refractivity contribution in [1.82, 2.24) is 0 Å². The first-order valence-corrected chi connectivity index (χ1v) is 7.49. The summed E-state index contributed by atoms with van der Waals surface area (Å²) in [4.78, 5) is 10.9. The fourth-order valence-electron chi connectivity index (χ4n) is 2.00. The van der Waals surface area contributed by atoms with Gasteiger partial charge in [-0.3, -0.25) is 4.79 Å². The standard InChI is InChI=1S/C16H30O/c1-3-5-7-9-10-12-14-16(15-17)13-11-8-6-4-2/h14-15H,3-13H2,1-2H3/b16-14-. The first kappa shape index (κ1) is 16.4. The number of hydrogen-bond donors (Lipinski definition) is 0. The summed E-state index contributed by atoms with van der Waals surface area (Å²) in [7, 11) is 0. The molecular formula is C16H30O. The van der Waals surface area contributed by atoms with Crippen molar-refractivity contribution in [3.05, 3.63) is 11.6 Å². The van der Waals surface area contributed by atoms with Gasteiger partial charge in [0.2, 0.25) is 0 Å². The van der Waals surface area contributed by atoms with Crippen LogP contribution in [0.2, 0.25) is 0 Å². The molecule has 0 fully saturated rings. The van der Waals surface area contributed by atoms with Crippen molar-refractivity contribution in [3.8, 4) is 0 Å². The molecule has 0 unspecified atom stereocenters. The summed E-state index contributed by atoms with van der Waals surface area (Å²) in [6, 6.07) is 0. The minimum Gasteiger partial charge on any atom is -0.298 e. The number of rotatable bonds is 12. The van der Waals surface area contributed by atoms with Gasteiger partial charge in [-0.05, 0) is 31.3 Å². The summed E-state index contributed by atoms with van der Waals surface area (Å²) in [6.07, 6.45) is 16.8. The highest BCUT2D eigenvalue weighted by atomic mass is 16.1. The van der Waals surface area contributed by atoms with Crippen LogP contribution in [-0.2, 0) is 4.79 Å². The SMILES string of the molecule is CCCCCCC/C=C(\C=O)CCCCCC. The molecule has 0 bridgehead atoms. The van der Waals surface area contributed by atoms with Gasteiger partial charge in [0.05, 0.1) is 0 Å². The van der Waals surface area contributed by atoms with Crippen LogP contribution >= 0.6 is 0 Å². The van der Waals surface area contributed by atoms with Crippen LogP contribution in [-0.4, -0.2) is 6.29 Å². The maximum absolute atomic E-state index is 10.9. The topological polar surface area (TPSA) is 17.1 Å². The van der Waals surface area contributed by atoms with Gasteiger partial charge >= 0.3 is 0 Å². The summed E-state index contributed by atoms with van der Waals surface area (Å²) in [5.41, 5.74) is 1.02. The van der Waals surface area contributed by atoms with Crippen LogP contribution in [0.25, 0.3) is 0 Å². The van der Waals surface area contributed by atoms with Gasteiger partial charge < -0.3 is 0 Å². The van der Waals surface area contributed by atoms with Crippen LogP contribution in [0, 0.1) is 0 Å². The maximum atomic E-state index is 10.9. The van der Waals surface area contributed by atoms with E-state index in [4.69, 9.17) is 0 Å². The molecule has 0 amide bonds. The average molecular weight is 238 g/mol. The number of carbonyl (C=O) groups is 1. The summed E-state index contributed by atoms with van der Waals surface area (Å²) in [5, 5.41) is 0. The highest BCUT2D eigenvalue weighted by Gasteiger charge is 1.96. The summed E-state index contributed by atoms with van der Waals surface area (Å²) >= 11 is 0. The van der Waals surface area contributed by atoms with Crippen molar-refractivity contribution in [2.24, 2.45) is 0 Å². The molecule has 17 heavy (non-hydrogen) atoms. The Morgan fingerprint density at radius 3 is 2.00 bits per heavy atom. The van der Waals surface area contributed by atoms with E-state index in [0.29, 0.717) is 0 Å². The second-order valence-electron chi connectivity index (χ2n) is 4.91. The van der Waals surface area contributed by atoms with E-state index in [1.54, 1.807) is 0 Å². The van der Waals surface area contributed by atoms with Crippen LogP contribution in [0.5, 0.6) is 0 Å². The second-order valence-corrected chi connectivity index (χ2v) is 4.91. The molecule has 0 spiro atoms. The molecule has 0 aliphatic heterocycles. The lowest BCUT2D eigenvalue weighted by molar-refractivity contribution is -0.105. The van der Waals surface area contributed by atoms with E-state index in [2.05, 4.69) is 19.9 Å². The van der Waals surface area contributed by atoms with Gasteiger partial charge in [-0.2, -0.15) is 0 Å². The molecule has 0 saturated carbocycles. The van der Waals surface area contributed by atoms with E-state index in [1.165, 1.54) is 57.8 Å². The van der Waals surface area contributed by atoms with E-state index in [9.17, 15) is 4.79 Å². The Hall–Kier alpha value is -0.590. The van der Waals surface area contributed by atoms with Crippen LogP contribution in [0.4, 0.5) is 0 Å². The first-order chi connectivity index (χ1) is 8.35. The van der Waals surface area contributed by atoms with Crippen molar-refractivity contribution in [2.75, 3.05) is 0 Å². The molecule has 0 saturated heterocycles. The van der Waals surface area contributed by atoms with Crippen LogP contribution < -0.4 is 0 Å². The number of unbranched alkanes of at least 4 members (excludes halogenated alkanes) is 8. The first-order valence-electron chi connectivity index (χ1n) is 7.49. The molecule has 0 N–H and O–H groups in total. The van der Waals surface area contributed by atoms with E-state index in [1.807, 2.05) is 0 Å². The van der Waals surface area contributed by atoms with Gasteiger partial charge in [-0.1, -0.05) is 64.9 Å². The summed E-state index contributed by atoms with van der Waals surface area (Å²) in [5.74, 6) is 0. The van der Waals surface area contributed by atoms with Gasteiger partial charge in [0.15, 0.2) is 0 Å². The van der Waals surface area contributed by atoms with E-state index < -0.39 is 0 Å². The molecule has 100 valence electrons. The van der Waals surface area contributed by atoms with Crippen molar-refractivity contribution in [1.29, 1.82) is 0 Å². The van der Waals surface area contributed by atoms with Crippen LogP contribution in [0.15, 0.2) is 11.6 Å². The molecule has 1 nitrogen and oxygen atoms in total. The normalized spacial score (nSPS) is 11.8. The highest BCUT2D eigenvalue weighted by Crippen LogP contribution is 2.11. The van der Waals surface area contributed by atoms with Gasteiger partial charge in [0.1, 0.15) is 6.29 Å². The van der Waals surface area contributed by atoms with Gasteiger partial charge in [0, 0.05) is 0 Å². The molecule has 0 aliphatic rings. The zero-order chi connectivity index (χ0) is 12.8. The predicted molar refractivity (Wildman–Crippen MR) is 76.3 cm³/mol. The number of hydrogen-bond acceptors (Lipinski definition) is 1. The third-order valence-electron chi connectivity index (χ3n) is 3.18. The Bertz CT molecular complexity index is 194. The Morgan fingerprint density at radius 1 is 0.824 bits per heavy atom. The van der Waals surface area contributed by atoms with Crippen molar-refractivity contribution in [3.63, 3.8) is 0 Å². The van der Waals surface area contributed by atoms with Gasteiger partial charge in [0.25, 0.3) is 0 Å². The fourth-order valence-corrected chi connectivity index (χ4v) is 2.00. The Kier molecular flexibility index (Phi) is 13.0. The smallest absolute Gasteiger partial charge is 0.145 e. The van der Waals surface area contributed by atoms with E-state index >= 15 is 0 Å². The maximum Gasteiger partial charge on any atom is 0.145 e. The summed E-state index contributed by atoms with van der Waals surface area (Å²) in [6.45, 7) is 4.45. The second kappa shape index (κ2) is 13.5. The van der Waals surface area contributed by atoms with Gasteiger partial charge in [-0.15, -0.1) is 0 Å². The van der Waals surface area contributed by atoms with Crippen LogP contribution in [0.1, 0.15) is 84.5 Å². The third-order valence-corrected chi connectivity index (χ3v) is 3.18. The van der Waals surface area contributed by atoms with Crippen molar-refractivity contribution >= 4 is 6.29 Å². The lowest BCUT2D eigenvalue weighted by atomic mass is 10.0. The van der Waals surface area contributed by atoms with E-state index in [0.717, 1.165) is 24.7 Å². The molecular weight excluding hydrogens is 208 g/mol. The van der Waals surface area contributed by atoms with Gasteiger partial charge in [-0.25, -0.2) is 0 Å². The Morgan fingerprint density at radius 2 is 1.41 bits per heavy atom. The lowest BCUT2D eigenvalue weighted by Crippen LogP contribution is -1.87. The monoisotopic (exact) mass is 238 g/mol. The van der Waals surface area contributed by atoms with Crippen molar-refractivity contribution in [2.45, 2.75) is 84.5 Å². The Balaban J connectivity index is 3.52. The zero-order valence-electron chi connectivity index (χ0n) is 11.8. The number of allylic oxidation sites excluding steroid dienone is 2. The molecule has 0 radical (unpaired) electrons. The number of aldehydes is 1. The molecule has 0 heterocycles.